The van der Waals surface area contributed by atoms with E-state index in [1.807, 2.05) is 13.0 Å². The Bertz CT molecular complexity index is 615. The normalized spacial score (nSPS) is 20.2. The summed E-state index contributed by atoms with van der Waals surface area (Å²) < 4.78 is 8.03. The summed E-state index contributed by atoms with van der Waals surface area (Å²) in [5, 5.41) is 2.05. The Morgan fingerprint density at radius 3 is 3.05 bits per heavy atom. The maximum absolute atomic E-state index is 6.17. The molecule has 2 aromatic rings. The van der Waals surface area contributed by atoms with Crippen molar-refractivity contribution in [2.24, 2.45) is 5.73 Å². The molecule has 2 unspecified atom stereocenters. The first-order chi connectivity index (χ1) is 10.1. The highest BCUT2D eigenvalue weighted by Crippen LogP contribution is 2.27. The molecule has 0 bridgehead atoms. The molecule has 0 aliphatic carbocycles. The molecule has 0 radical (unpaired) electrons. The van der Waals surface area contributed by atoms with Crippen molar-refractivity contribution in [2.75, 3.05) is 6.61 Å². The molecule has 1 aromatic carbocycles. The predicted molar refractivity (Wildman–Crippen MR) is 87.9 cm³/mol. The summed E-state index contributed by atoms with van der Waals surface area (Å²) in [7, 11) is 0. The smallest absolute Gasteiger partial charge is 0.0593 e. The minimum Gasteiger partial charge on any atom is -0.378 e. The highest BCUT2D eigenvalue weighted by molar-refractivity contribution is 6.31. The SMILES string of the molecule is CC(N)Cc1cn(CCC2CCCO2)c2cc(Cl)ccc12. The zero-order valence-corrected chi connectivity index (χ0v) is 13.3. The molecule has 1 saturated heterocycles. The second-order valence-electron chi connectivity index (χ2n) is 6.11. The predicted octanol–water partition coefficient (Wildman–Crippen LogP) is 3.75. The fourth-order valence-corrected chi connectivity index (χ4v) is 3.36. The lowest BCUT2D eigenvalue weighted by Gasteiger charge is -2.10. The summed E-state index contributed by atoms with van der Waals surface area (Å²) in [5.74, 6) is 0. The van der Waals surface area contributed by atoms with Gasteiger partial charge in [0.2, 0.25) is 0 Å². The molecule has 0 spiro atoms. The number of aromatic nitrogens is 1. The third kappa shape index (κ3) is 3.42. The number of fused-ring (bicyclic) bond motifs is 1. The van der Waals surface area contributed by atoms with E-state index < -0.39 is 0 Å². The summed E-state index contributed by atoms with van der Waals surface area (Å²) in [6.07, 6.45) is 6.99. The summed E-state index contributed by atoms with van der Waals surface area (Å²) in [5.41, 5.74) is 8.49. The molecular weight excluding hydrogens is 284 g/mol. The van der Waals surface area contributed by atoms with Crippen molar-refractivity contribution in [3.8, 4) is 0 Å². The zero-order valence-electron chi connectivity index (χ0n) is 12.5. The number of rotatable bonds is 5. The van der Waals surface area contributed by atoms with Crippen LogP contribution in [0.4, 0.5) is 0 Å². The number of nitrogens with zero attached hydrogens (tertiary/aromatic N) is 1. The first kappa shape index (κ1) is 14.9. The Balaban J connectivity index is 1.86. The fraction of sp³-hybridized carbons (Fsp3) is 0.529. The molecule has 3 rings (SSSR count). The van der Waals surface area contributed by atoms with Crippen molar-refractivity contribution < 1.29 is 4.74 Å². The van der Waals surface area contributed by atoms with Crippen LogP contribution in [0.1, 0.15) is 31.7 Å². The number of ether oxygens (including phenoxy) is 1. The topological polar surface area (TPSA) is 40.2 Å². The molecule has 1 fully saturated rings. The maximum atomic E-state index is 6.17. The van der Waals surface area contributed by atoms with Gasteiger partial charge in [0.25, 0.3) is 0 Å². The summed E-state index contributed by atoms with van der Waals surface area (Å²) in [6.45, 7) is 3.94. The van der Waals surface area contributed by atoms with Gasteiger partial charge in [-0.2, -0.15) is 0 Å². The van der Waals surface area contributed by atoms with Crippen LogP contribution in [0.5, 0.6) is 0 Å². The van der Waals surface area contributed by atoms with Crippen LogP contribution in [0.25, 0.3) is 10.9 Å². The van der Waals surface area contributed by atoms with E-state index >= 15 is 0 Å². The molecule has 21 heavy (non-hydrogen) atoms. The molecule has 2 heterocycles. The lowest BCUT2D eigenvalue weighted by atomic mass is 10.1. The first-order valence-corrected chi connectivity index (χ1v) is 8.16. The van der Waals surface area contributed by atoms with E-state index in [0.29, 0.717) is 6.10 Å². The van der Waals surface area contributed by atoms with Gasteiger partial charge in [0.1, 0.15) is 0 Å². The van der Waals surface area contributed by atoms with Crippen LogP contribution in [-0.2, 0) is 17.7 Å². The zero-order chi connectivity index (χ0) is 14.8. The molecule has 2 atom stereocenters. The molecule has 3 nitrogen and oxygen atoms in total. The molecule has 1 aliphatic heterocycles. The summed E-state index contributed by atoms with van der Waals surface area (Å²) in [4.78, 5) is 0. The van der Waals surface area contributed by atoms with E-state index in [1.165, 1.54) is 29.3 Å². The molecule has 114 valence electrons. The van der Waals surface area contributed by atoms with Gasteiger partial charge in [-0.05, 0) is 50.3 Å². The van der Waals surface area contributed by atoms with Crippen molar-refractivity contribution in [2.45, 2.75) is 51.3 Å². The monoisotopic (exact) mass is 306 g/mol. The molecule has 1 aromatic heterocycles. The van der Waals surface area contributed by atoms with Gasteiger partial charge in [0.05, 0.1) is 6.10 Å². The quantitative estimate of drug-likeness (QED) is 0.914. The third-order valence-electron chi connectivity index (χ3n) is 4.18. The van der Waals surface area contributed by atoms with Crippen molar-refractivity contribution in [1.82, 2.24) is 4.57 Å². The van der Waals surface area contributed by atoms with E-state index in [4.69, 9.17) is 22.1 Å². The van der Waals surface area contributed by atoms with E-state index in [1.54, 1.807) is 0 Å². The van der Waals surface area contributed by atoms with Gasteiger partial charge >= 0.3 is 0 Å². The standard InChI is InChI=1S/C17H23ClN2O/c1-12(19)9-13-11-20(7-6-15-3-2-8-21-15)17-10-14(18)4-5-16(13)17/h4-5,10-12,15H,2-3,6-9,19H2,1H3. The number of hydrogen-bond acceptors (Lipinski definition) is 2. The summed E-state index contributed by atoms with van der Waals surface area (Å²) in [6, 6.07) is 6.28. The van der Waals surface area contributed by atoms with Gasteiger partial charge in [0, 0.05) is 41.3 Å². The van der Waals surface area contributed by atoms with Gasteiger partial charge in [0.15, 0.2) is 0 Å². The fourth-order valence-electron chi connectivity index (χ4n) is 3.19. The highest BCUT2D eigenvalue weighted by Gasteiger charge is 2.16. The minimum atomic E-state index is 0.165. The third-order valence-corrected chi connectivity index (χ3v) is 4.42. The Hall–Kier alpha value is -1.03. The second-order valence-corrected chi connectivity index (χ2v) is 6.55. The van der Waals surface area contributed by atoms with Crippen LogP contribution < -0.4 is 5.73 Å². The van der Waals surface area contributed by atoms with Gasteiger partial charge in [-0.15, -0.1) is 0 Å². The first-order valence-electron chi connectivity index (χ1n) is 7.78. The van der Waals surface area contributed by atoms with E-state index in [9.17, 15) is 0 Å². The minimum absolute atomic E-state index is 0.165. The lowest BCUT2D eigenvalue weighted by molar-refractivity contribution is 0.101. The van der Waals surface area contributed by atoms with Gasteiger partial charge in [-0.3, -0.25) is 0 Å². The molecule has 0 saturated carbocycles. The molecular formula is C17H23ClN2O. The molecule has 2 N–H and O–H groups in total. The Morgan fingerprint density at radius 2 is 2.33 bits per heavy atom. The number of hydrogen-bond donors (Lipinski definition) is 1. The maximum Gasteiger partial charge on any atom is 0.0593 e. The largest absolute Gasteiger partial charge is 0.378 e. The van der Waals surface area contributed by atoms with Crippen molar-refractivity contribution in [1.29, 1.82) is 0 Å². The van der Waals surface area contributed by atoms with Gasteiger partial charge in [-0.1, -0.05) is 17.7 Å². The van der Waals surface area contributed by atoms with Crippen LogP contribution in [0.3, 0.4) is 0 Å². The van der Waals surface area contributed by atoms with E-state index in [-0.39, 0.29) is 6.04 Å². The second kappa shape index (κ2) is 6.39. The summed E-state index contributed by atoms with van der Waals surface area (Å²) >= 11 is 6.17. The number of halogens is 1. The molecule has 1 aliphatic rings. The molecule has 4 heteroatoms. The van der Waals surface area contributed by atoms with Crippen LogP contribution in [-0.4, -0.2) is 23.3 Å². The Morgan fingerprint density at radius 1 is 1.48 bits per heavy atom. The van der Waals surface area contributed by atoms with Crippen LogP contribution in [0, 0.1) is 0 Å². The number of nitrogens with two attached hydrogens (primary N) is 1. The van der Waals surface area contributed by atoms with E-state index in [0.717, 1.165) is 31.0 Å². The van der Waals surface area contributed by atoms with Crippen molar-refractivity contribution in [3.05, 3.63) is 35.0 Å². The van der Waals surface area contributed by atoms with E-state index in [2.05, 4.69) is 22.9 Å². The average Bonchev–Trinajstić information content (AvgIpc) is 3.04. The highest BCUT2D eigenvalue weighted by atomic mass is 35.5. The van der Waals surface area contributed by atoms with Crippen LogP contribution in [0.15, 0.2) is 24.4 Å². The van der Waals surface area contributed by atoms with Crippen LogP contribution in [0.2, 0.25) is 5.02 Å². The average molecular weight is 307 g/mol. The number of aryl methyl sites for hydroxylation is 1. The van der Waals surface area contributed by atoms with Gasteiger partial charge < -0.3 is 15.0 Å². The lowest BCUT2D eigenvalue weighted by Crippen LogP contribution is -2.17. The molecule has 0 amide bonds. The van der Waals surface area contributed by atoms with Crippen molar-refractivity contribution >= 4 is 22.5 Å². The number of benzene rings is 1. The van der Waals surface area contributed by atoms with Gasteiger partial charge in [-0.25, -0.2) is 0 Å². The van der Waals surface area contributed by atoms with Crippen LogP contribution >= 0.6 is 11.6 Å². The Labute approximate surface area is 131 Å². The Kier molecular flexibility index (Phi) is 4.53. The van der Waals surface area contributed by atoms with Crippen molar-refractivity contribution in [3.63, 3.8) is 0 Å².